The molecule has 1 aliphatic rings. The molecule has 9 aromatic carbocycles. The van der Waals surface area contributed by atoms with Gasteiger partial charge in [-0.2, -0.15) is 17.7 Å². The first kappa shape index (κ1) is 103. The number of piperidine rings is 1. The van der Waals surface area contributed by atoms with E-state index in [2.05, 4.69) is 69.6 Å². The summed E-state index contributed by atoms with van der Waals surface area (Å²) < 4.78 is 77.1. The molecule has 35 heteroatoms. The molecule has 0 aliphatic carbocycles. The van der Waals surface area contributed by atoms with Gasteiger partial charge in [0.15, 0.2) is 18.1 Å². The smallest absolute Gasteiger partial charge is 0.416 e. The molecule has 11 aromatic heterocycles. The molecule has 21 rings (SSSR count). The normalized spacial score (nSPS) is 12.2. The Morgan fingerprint density at radius 3 is 1.48 bits per heavy atom. The first-order valence-electron chi connectivity index (χ1n) is 48.2. The average molecular weight is 2040 g/mol. The maximum Gasteiger partial charge on any atom is 0.416 e. The van der Waals surface area contributed by atoms with Gasteiger partial charge in [0.1, 0.15) is 64.4 Å². The van der Waals surface area contributed by atoms with Crippen LogP contribution in [-0.2, 0) is 25.8 Å². The molecule has 0 saturated carbocycles. The summed E-state index contributed by atoms with van der Waals surface area (Å²) in [5.74, 6) is 4.20. The van der Waals surface area contributed by atoms with Crippen molar-refractivity contribution in [2.45, 2.75) is 70.4 Å². The zero-order valence-electron chi connectivity index (χ0n) is 81.0. The fourth-order valence-corrected chi connectivity index (χ4v) is 17.1. The second-order valence-corrected chi connectivity index (χ2v) is 35.6. The van der Waals surface area contributed by atoms with Gasteiger partial charge in [-0.05, 0) is 214 Å². The van der Waals surface area contributed by atoms with Gasteiger partial charge in [-0.1, -0.05) is 132 Å². The van der Waals surface area contributed by atoms with Crippen LogP contribution in [0.25, 0.3) is 153 Å². The van der Waals surface area contributed by atoms with Gasteiger partial charge in [0.25, 0.3) is 0 Å². The van der Waals surface area contributed by atoms with Crippen molar-refractivity contribution < 1.29 is 40.9 Å². The molecule has 149 heavy (non-hydrogen) atoms. The molecule has 752 valence electrons. The number of imidazole rings is 5. The Morgan fingerprint density at radius 1 is 0.463 bits per heavy atom. The average Bonchev–Trinajstić information content (AvgIpc) is 1.65. The number of aryl methyl sites for hydroxylation is 1. The SMILES string of the molecule is C[C@@H](Nc1nccc(-c2[nH]c(C3CCN(CN)CC3)nc2-c2cccc(C(F)(F)F)c2)n1)c1ccccc1.NCCCOc1ccc(-c2nc(-c3ccc(F)cc3)c(-c3ccncc3)[nH]2)cc1.NCCC[n+]1ccc(-[n+]2c[nH]c(-c3ccc(F)cc3)c2-c2ccnc(N)n2)cc1.NCc1ccc(-c2nc(-c3ccc(Cl)c(Cl)c3)c(-c3ccncc3)[nH]2)cc1.NCc1ccc(-c2nc(-c3cccc(O)c3)c(-c3ccncc3)[nH]2)cc1. The molecule has 1 fully saturated rings. The third-order valence-corrected chi connectivity index (χ3v) is 25.5. The number of nitrogens with two attached hydrogens (primary N) is 6. The summed E-state index contributed by atoms with van der Waals surface area (Å²) in [5, 5.41) is 14.2. The topological polar surface area (TPSA) is 429 Å². The van der Waals surface area contributed by atoms with Crippen LogP contribution >= 0.6 is 23.2 Å². The van der Waals surface area contributed by atoms with E-state index < -0.39 is 11.7 Å². The molecular weight excluding hydrogens is 1930 g/mol. The van der Waals surface area contributed by atoms with Crippen molar-refractivity contribution in [2.75, 3.05) is 50.5 Å². The number of likely N-dealkylation sites (tertiary alicyclic amines) is 1. The molecule has 1 atom stereocenters. The Balaban J connectivity index is 0.000000128. The van der Waals surface area contributed by atoms with Gasteiger partial charge in [-0.25, -0.2) is 58.2 Å². The molecule has 12 heterocycles. The number of nitrogen functional groups attached to an aromatic ring is 1. The van der Waals surface area contributed by atoms with Gasteiger partial charge >= 0.3 is 6.18 Å². The van der Waals surface area contributed by atoms with E-state index in [1.807, 2.05) is 206 Å². The van der Waals surface area contributed by atoms with Crippen LogP contribution in [0, 0.1) is 11.6 Å². The second kappa shape index (κ2) is 49.2. The lowest BCUT2D eigenvalue weighted by atomic mass is 9.96. The zero-order valence-corrected chi connectivity index (χ0v) is 82.5. The first-order chi connectivity index (χ1) is 72.6. The number of hydrogen-bond donors (Lipinski definition) is 13. The van der Waals surface area contributed by atoms with Gasteiger partial charge in [-0.15, -0.1) is 0 Å². The van der Waals surface area contributed by atoms with E-state index in [0.29, 0.717) is 83.8 Å². The number of phenols is 1. The Morgan fingerprint density at radius 2 is 0.953 bits per heavy atom. The maximum atomic E-state index is 13.5. The van der Waals surface area contributed by atoms with Crippen molar-refractivity contribution in [3.05, 3.63) is 397 Å². The predicted octanol–water partition coefficient (Wildman–Crippen LogP) is 21.8. The largest absolute Gasteiger partial charge is 0.508 e. The minimum absolute atomic E-state index is 0.0422. The van der Waals surface area contributed by atoms with Crippen LogP contribution < -0.4 is 53.6 Å². The molecule has 0 amide bonds. The molecule has 28 nitrogen and oxygen atoms in total. The summed E-state index contributed by atoms with van der Waals surface area (Å²) in [6, 6.07) is 83.4. The molecule has 20 aromatic rings. The number of aromatic hydroxyl groups is 1. The number of nitrogens with zero attached hydrogens (tertiary/aromatic N) is 14. The van der Waals surface area contributed by atoms with Crippen molar-refractivity contribution >= 4 is 35.1 Å². The fraction of sp³-hybridized carbons (Fsp3) is 0.149. The quantitative estimate of drug-likeness (QED) is 0.0123. The van der Waals surface area contributed by atoms with Crippen LogP contribution in [0.2, 0.25) is 10.0 Å². The number of phenolic OH excluding ortho intramolecular Hbond substituents is 1. The van der Waals surface area contributed by atoms with E-state index in [4.69, 9.17) is 87.3 Å². The summed E-state index contributed by atoms with van der Waals surface area (Å²) in [4.78, 5) is 68.2. The van der Waals surface area contributed by atoms with E-state index in [9.17, 15) is 27.1 Å². The van der Waals surface area contributed by atoms with Gasteiger partial charge in [0.05, 0.1) is 79.5 Å². The van der Waals surface area contributed by atoms with Crippen molar-refractivity contribution in [3.63, 3.8) is 0 Å². The molecule has 1 saturated heterocycles. The maximum absolute atomic E-state index is 13.5. The Bertz CT molecular complexity index is 7760. The summed E-state index contributed by atoms with van der Waals surface area (Å²) in [6.07, 6.45) is 18.6. The summed E-state index contributed by atoms with van der Waals surface area (Å²) in [5.41, 5.74) is 56.0. The minimum Gasteiger partial charge on any atom is -0.508 e. The highest BCUT2D eigenvalue weighted by Crippen LogP contribution is 2.43. The first-order valence-corrected chi connectivity index (χ1v) is 48.9. The standard InChI is InChI=1S/C28H30F3N7.C23H21FN4O.C21H16Cl2N4.C21H21FN7.C21H18N4O/c1-18(19-6-3-2-4-7-19)34-27-33-13-10-23(35-27)25-24(21-8-5-9-22(16-21)28(29,30)31)36-26(37-25)20-11-14-38(17-32)15-12-20;24-19-6-2-16(3-7-19)21-22(17-10-13-26-14-11-17)28-23(27-21)18-4-8-20(9-5-18)29-15-1-12-25;22-17-6-5-16(11-18(17)23)20-19(14-7-9-25-10-8-14)26-21(27-20)15-3-1-13(12-24)2-4-15;22-16-4-2-15(3-5-16)19-20(18-6-10-25-21(24)27-18)29(14-26-19)17-7-12-28(13-8-17)11-1-9-23;22-13-14-4-6-16(7-5-14)21-24-19(15-8-10-23-11-9-15)20(25-21)17-2-1-3-18(26)12-17/h2-10,13,16,18,20H,11-12,14-15,17,32H2,1H3,(H,36,37)(H,33,34,35);2-11,13-14H,1,12,15,25H2,(H,27,28);1-11H,12,24H2,(H,26,27);2-8,10,12-14H,1,9,11,23H2,(H2,24,25,27);1-12,26H,13,22H2,(H,24,25)/q;;;+1;/p+1/t18-;;;;/m1..../s1. The number of ether oxygens (including phenoxy) is 1. The van der Waals surface area contributed by atoms with Crippen molar-refractivity contribution in [1.82, 2.24) is 84.6 Å². The number of hydrogen-bond acceptors (Lipinski definition) is 21. The molecule has 0 bridgehead atoms. The number of alkyl halides is 3. The number of pyridine rings is 4. The van der Waals surface area contributed by atoms with E-state index in [0.717, 1.165) is 210 Å². The van der Waals surface area contributed by atoms with Crippen LogP contribution in [0.3, 0.4) is 0 Å². The van der Waals surface area contributed by atoms with Crippen molar-refractivity contribution in [2.24, 2.45) is 28.7 Å². The summed E-state index contributed by atoms with van der Waals surface area (Å²) in [7, 11) is 0. The highest BCUT2D eigenvalue weighted by molar-refractivity contribution is 6.42. The highest BCUT2D eigenvalue weighted by atomic mass is 35.5. The van der Waals surface area contributed by atoms with E-state index in [1.54, 1.807) is 110 Å². The molecule has 1 aliphatic heterocycles. The van der Waals surface area contributed by atoms with Crippen LogP contribution in [0.4, 0.5) is 33.8 Å². The number of nitrogens with one attached hydrogen (secondary N) is 6. The number of benzene rings is 9. The molecule has 0 unspecified atom stereocenters. The second-order valence-electron chi connectivity index (χ2n) is 34.8. The van der Waals surface area contributed by atoms with Gasteiger partial charge in [0, 0.05) is 168 Å². The Kier molecular flexibility index (Phi) is 34.2. The Hall–Kier alpha value is -17.0. The minimum atomic E-state index is -4.45. The number of aromatic amines is 5. The number of rotatable bonds is 28. The van der Waals surface area contributed by atoms with Crippen molar-refractivity contribution in [3.8, 4) is 164 Å². The van der Waals surface area contributed by atoms with Crippen LogP contribution in [0.1, 0.15) is 72.6 Å². The van der Waals surface area contributed by atoms with Crippen LogP contribution in [0.5, 0.6) is 11.5 Å². The molecule has 19 N–H and O–H groups in total. The monoisotopic (exact) mass is 2040 g/mol. The number of aromatic nitrogens is 18. The third-order valence-electron chi connectivity index (χ3n) is 24.7. The van der Waals surface area contributed by atoms with E-state index >= 15 is 0 Å². The van der Waals surface area contributed by atoms with Crippen molar-refractivity contribution in [1.29, 1.82) is 0 Å². The van der Waals surface area contributed by atoms with E-state index in [-0.39, 0.29) is 35.3 Å². The number of anilines is 2. The van der Waals surface area contributed by atoms with E-state index in [1.165, 1.54) is 30.3 Å². The predicted molar refractivity (Wildman–Crippen MR) is 573 cm³/mol. The van der Waals surface area contributed by atoms with Gasteiger partial charge in [-0.3, -0.25) is 19.9 Å². The van der Waals surface area contributed by atoms with Crippen LogP contribution in [-0.4, -0.2) is 129 Å². The van der Waals surface area contributed by atoms with Gasteiger partial charge < -0.3 is 69.5 Å². The lowest BCUT2D eigenvalue weighted by molar-refractivity contribution is -0.698. The van der Waals surface area contributed by atoms with Crippen LogP contribution in [0.15, 0.2) is 347 Å². The number of halogens is 7. The summed E-state index contributed by atoms with van der Waals surface area (Å²) in [6.45, 7) is 7.94. The lowest BCUT2D eigenvalue weighted by Gasteiger charge is -2.29. The zero-order chi connectivity index (χ0) is 104. The number of H-pyrrole nitrogens is 5. The summed E-state index contributed by atoms with van der Waals surface area (Å²) >= 11 is 12.3. The fourth-order valence-electron chi connectivity index (χ4n) is 16.8. The van der Waals surface area contributed by atoms with Gasteiger partial charge in [0.2, 0.25) is 23.9 Å². The molecule has 0 radical (unpaired) electrons. The Labute approximate surface area is 866 Å². The lowest BCUT2D eigenvalue weighted by Crippen LogP contribution is -2.37. The molecule has 0 spiro atoms. The highest BCUT2D eigenvalue weighted by Gasteiger charge is 2.33. The molecular formula is C114H107Cl2F5N26O2+2. The third kappa shape index (κ3) is 26.3.